The molecule has 1 aromatic carbocycles. The lowest BCUT2D eigenvalue weighted by Gasteiger charge is -2.41. The van der Waals surface area contributed by atoms with Gasteiger partial charge in [0.15, 0.2) is 5.82 Å². The van der Waals surface area contributed by atoms with Crippen LogP contribution in [0, 0.1) is 11.5 Å². The normalized spacial score (nSPS) is 19.3. The molecule has 0 aliphatic carbocycles. The molecule has 1 fully saturated rings. The van der Waals surface area contributed by atoms with Gasteiger partial charge in [-0.2, -0.15) is 0 Å². The Morgan fingerprint density at radius 1 is 1.48 bits per heavy atom. The maximum atomic E-state index is 12.7. The summed E-state index contributed by atoms with van der Waals surface area (Å²) in [5.41, 5.74) is 7.16. The number of rotatable bonds is 2. The number of nitrogens with two attached hydrogens (primary N) is 1. The van der Waals surface area contributed by atoms with Gasteiger partial charge in [0, 0.05) is 25.7 Å². The molecule has 3 rings (SSSR count). The SMILES string of the molecule is CC(C)(C)CC1CNCCN1n1c(=O)c(N)nc2[c]cccc21. The molecule has 0 saturated carbocycles. The van der Waals surface area contributed by atoms with Crippen LogP contribution in [0.5, 0.6) is 0 Å². The van der Waals surface area contributed by atoms with Crippen LogP contribution < -0.4 is 21.6 Å². The summed E-state index contributed by atoms with van der Waals surface area (Å²) in [4.78, 5) is 16.9. The third-order valence-electron chi connectivity index (χ3n) is 4.11. The van der Waals surface area contributed by atoms with E-state index in [1.54, 1.807) is 10.7 Å². The van der Waals surface area contributed by atoms with Gasteiger partial charge in [0.25, 0.3) is 0 Å². The average Bonchev–Trinajstić information content (AvgIpc) is 2.48. The quantitative estimate of drug-likeness (QED) is 0.869. The number of nitrogen functional groups attached to an aromatic ring is 1. The van der Waals surface area contributed by atoms with Crippen LogP contribution in [-0.2, 0) is 0 Å². The number of benzene rings is 1. The van der Waals surface area contributed by atoms with Crippen molar-refractivity contribution >= 4 is 16.9 Å². The topological polar surface area (TPSA) is 76.2 Å². The van der Waals surface area contributed by atoms with Gasteiger partial charge in [0.2, 0.25) is 0 Å². The number of para-hydroxylation sites is 1. The number of aromatic nitrogens is 2. The van der Waals surface area contributed by atoms with E-state index in [1.165, 1.54) is 0 Å². The van der Waals surface area contributed by atoms with Crippen LogP contribution in [0.2, 0.25) is 0 Å². The zero-order valence-corrected chi connectivity index (χ0v) is 14.0. The number of fused-ring (bicyclic) bond motifs is 1. The lowest BCUT2D eigenvalue weighted by Crippen LogP contribution is -2.60. The molecule has 1 aliphatic heterocycles. The van der Waals surface area contributed by atoms with E-state index in [-0.39, 0.29) is 22.8 Å². The molecule has 2 heterocycles. The van der Waals surface area contributed by atoms with E-state index in [0.717, 1.165) is 31.6 Å². The van der Waals surface area contributed by atoms with E-state index < -0.39 is 0 Å². The third kappa shape index (κ3) is 3.17. The van der Waals surface area contributed by atoms with Crippen LogP contribution in [0.25, 0.3) is 11.0 Å². The summed E-state index contributed by atoms with van der Waals surface area (Å²) in [6.07, 6.45) is 0.979. The molecule has 1 aromatic heterocycles. The number of nitrogens with zero attached hydrogens (tertiary/aromatic N) is 3. The van der Waals surface area contributed by atoms with E-state index in [0.29, 0.717) is 5.52 Å². The molecule has 6 nitrogen and oxygen atoms in total. The molecule has 0 bridgehead atoms. The minimum atomic E-state index is -0.252. The number of hydrogen-bond acceptors (Lipinski definition) is 5. The Balaban J connectivity index is 2.13. The standard InChI is InChI=1S/C17H24N5O/c1-17(2,3)10-12-11-19-8-9-21(12)22-14-7-5-4-6-13(14)20-15(18)16(22)23/h4-5,7,12,19H,8-11H2,1-3H3,(H2,18,20). The van der Waals surface area contributed by atoms with Crippen LogP contribution in [0.1, 0.15) is 27.2 Å². The van der Waals surface area contributed by atoms with Gasteiger partial charge >= 0.3 is 5.56 Å². The first-order valence-electron chi connectivity index (χ1n) is 8.03. The number of anilines is 1. The third-order valence-corrected chi connectivity index (χ3v) is 4.11. The maximum absolute atomic E-state index is 12.7. The highest BCUT2D eigenvalue weighted by Crippen LogP contribution is 2.24. The number of piperazine rings is 1. The molecule has 123 valence electrons. The molecule has 0 amide bonds. The van der Waals surface area contributed by atoms with Crippen molar-refractivity contribution in [2.45, 2.75) is 33.2 Å². The van der Waals surface area contributed by atoms with E-state index in [4.69, 9.17) is 5.73 Å². The minimum Gasteiger partial charge on any atom is -0.379 e. The predicted molar refractivity (Wildman–Crippen MR) is 93.1 cm³/mol. The molecule has 23 heavy (non-hydrogen) atoms. The van der Waals surface area contributed by atoms with Crippen molar-refractivity contribution in [1.29, 1.82) is 0 Å². The van der Waals surface area contributed by atoms with Crippen LogP contribution in [0.4, 0.5) is 5.82 Å². The maximum Gasteiger partial charge on any atom is 0.312 e. The summed E-state index contributed by atoms with van der Waals surface area (Å²) in [7, 11) is 0. The number of nitrogens with one attached hydrogen (secondary N) is 1. The van der Waals surface area contributed by atoms with Crippen molar-refractivity contribution in [1.82, 2.24) is 15.0 Å². The van der Waals surface area contributed by atoms with Gasteiger partial charge in [0.05, 0.1) is 17.1 Å². The zero-order valence-electron chi connectivity index (χ0n) is 14.0. The average molecular weight is 314 g/mol. The largest absolute Gasteiger partial charge is 0.379 e. The van der Waals surface area contributed by atoms with Crippen LogP contribution in [0.3, 0.4) is 0 Å². The monoisotopic (exact) mass is 314 g/mol. The van der Waals surface area contributed by atoms with E-state index in [9.17, 15) is 4.79 Å². The molecular formula is C17H24N5O. The predicted octanol–water partition coefficient (Wildman–Crippen LogP) is 1.12. The van der Waals surface area contributed by atoms with Crippen molar-refractivity contribution < 1.29 is 0 Å². The van der Waals surface area contributed by atoms with Crippen molar-refractivity contribution in [2.24, 2.45) is 5.41 Å². The molecule has 3 N–H and O–H groups in total. The molecule has 1 radical (unpaired) electrons. The van der Waals surface area contributed by atoms with Gasteiger partial charge in [-0.05, 0) is 17.9 Å². The summed E-state index contributed by atoms with van der Waals surface area (Å²) in [5.74, 6) is 0.0213. The Bertz CT molecular complexity index is 762. The first-order valence-corrected chi connectivity index (χ1v) is 8.03. The summed E-state index contributed by atoms with van der Waals surface area (Å²) in [6.45, 7) is 9.10. The van der Waals surface area contributed by atoms with Crippen LogP contribution in [0.15, 0.2) is 23.0 Å². The van der Waals surface area contributed by atoms with Crippen molar-refractivity contribution in [3.05, 3.63) is 34.6 Å². The van der Waals surface area contributed by atoms with Gasteiger partial charge in [-0.25, -0.2) is 9.66 Å². The fraction of sp³-hybridized carbons (Fsp3) is 0.529. The molecule has 1 aliphatic rings. The summed E-state index contributed by atoms with van der Waals surface area (Å²) in [5, 5.41) is 5.56. The van der Waals surface area contributed by atoms with E-state index in [2.05, 4.69) is 42.1 Å². The van der Waals surface area contributed by atoms with Crippen molar-refractivity contribution in [2.75, 3.05) is 30.4 Å². The highest BCUT2D eigenvalue weighted by molar-refractivity contribution is 5.75. The summed E-state index contributed by atoms with van der Waals surface area (Å²) >= 11 is 0. The van der Waals surface area contributed by atoms with Crippen LogP contribution in [-0.4, -0.2) is 35.3 Å². The Labute approximate surface area is 136 Å². The molecular weight excluding hydrogens is 290 g/mol. The van der Waals surface area contributed by atoms with Gasteiger partial charge in [-0.3, -0.25) is 4.79 Å². The number of hydrogen-bond donors (Lipinski definition) is 2. The fourth-order valence-corrected chi connectivity index (χ4v) is 3.22. The van der Waals surface area contributed by atoms with Crippen molar-refractivity contribution in [3.8, 4) is 0 Å². The second kappa shape index (κ2) is 5.85. The Hall–Kier alpha value is -2.08. The molecule has 0 spiro atoms. The van der Waals surface area contributed by atoms with Gasteiger partial charge in [0.1, 0.15) is 0 Å². The highest BCUT2D eigenvalue weighted by atomic mass is 16.1. The van der Waals surface area contributed by atoms with Crippen LogP contribution >= 0.6 is 0 Å². The summed E-state index contributed by atoms with van der Waals surface area (Å²) < 4.78 is 1.70. The van der Waals surface area contributed by atoms with Gasteiger partial charge in [-0.1, -0.05) is 32.9 Å². The fourth-order valence-electron chi connectivity index (χ4n) is 3.22. The Morgan fingerprint density at radius 3 is 3.00 bits per heavy atom. The Morgan fingerprint density at radius 2 is 2.26 bits per heavy atom. The first kappa shape index (κ1) is 15.8. The summed E-state index contributed by atoms with van der Waals surface area (Å²) in [6, 6.07) is 8.85. The minimum absolute atomic E-state index is 0.0213. The first-order chi connectivity index (χ1) is 10.9. The van der Waals surface area contributed by atoms with Crippen molar-refractivity contribution in [3.63, 3.8) is 0 Å². The highest BCUT2D eigenvalue weighted by Gasteiger charge is 2.29. The molecule has 2 aromatic rings. The zero-order chi connectivity index (χ0) is 16.6. The molecule has 1 saturated heterocycles. The Kier molecular flexibility index (Phi) is 4.02. The van der Waals surface area contributed by atoms with Gasteiger partial charge in [-0.15, -0.1) is 0 Å². The lowest BCUT2D eigenvalue weighted by molar-refractivity contribution is 0.280. The molecule has 6 heteroatoms. The second-order valence-electron chi connectivity index (χ2n) is 7.30. The molecule has 1 unspecified atom stereocenters. The lowest BCUT2D eigenvalue weighted by atomic mass is 9.87. The van der Waals surface area contributed by atoms with Gasteiger partial charge < -0.3 is 16.1 Å². The van der Waals surface area contributed by atoms with E-state index in [1.807, 2.05) is 12.1 Å². The van der Waals surface area contributed by atoms with E-state index >= 15 is 0 Å². The molecule has 1 atom stereocenters. The smallest absolute Gasteiger partial charge is 0.312 e. The second-order valence-corrected chi connectivity index (χ2v) is 7.30.